The number of carbonyl (C=O) groups is 3. The van der Waals surface area contributed by atoms with Crippen LogP contribution in [0.5, 0.6) is 0 Å². The molecular weight excluding hydrogens is 454 g/mol. The van der Waals surface area contributed by atoms with Crippen molar-refractivity contribution >= 4 is 27.7 Å². The first-order valence-corrected chi connectivity index (χ1v) is 12.7. The second-order valence-electron chi connectivity index (χ2n) is 9.30. The average Bonchev–Trinajstić information content (AvgIpc) is 2.96. The molecule has 2 aromatic rings. The maximum atomic E-state index is 13.5. The van der Waals surface area contributed by atoms with E-state index in [1.165, 1.54) is 23.1 Å². The van der Waals surface area contributed by atoms with Gasteiger partial charge >= 0.3 is 0 Å². The Kier molecular flexibility index (Phi) is 7.45. The molecule has 0 fully saturated rings. The van der Waals surface area contributed by atoms with Crippen LogP contribution < -0.4 is 5.32 Å². The number of carbonyl (C=O) groups excluding carboxylic acids is 3. The van der Waals surface area contributed by atoms with Crippen LogP contribution >= 0.6 is 0 Å². The van der Waals surface area contributed by atoms with Crippen molar-refractivity contribution in [2.24, 2.45) is 0 Å². The van der Waals surface area contributed by atoms with Crippen LogP contribution in [-0.2, 0) is 26.0 Å². The van der Waals surface area contributed by atoms with E-state index in [1.54, 1.807) is 13.0 Å². The lowest BCUT2D eigenvalue weighted by molar-refractivity contribution is -0.141. The highest BCUT2D eigenvalue weighted by Gasteiger charge is 2.43. The molecule has 1 heterocycles. The molecule has 34 heavy (non-hydrogen) atoms. The van der Waals surface area contributed by atoms with Crippen molar-refractivity contribution < 1.29 is 22.8 Å². The summed E-state index contributed by atoms with van der Waals surface area (Å²) in [7, 11) is -4.14. The van der Waals surface area contributed by atoms with E-state index >= 15 is 0 Å². The minimum Gasteiger partial charge on any atom is -0.350 e. The molecule has 0 saturated carbocycles. The molecule has 0 aliphatic carbocycles. The molecule has 0 unspecified atom stereocenters. The smallest absolute Gasteiger partial charge is 0.269 e. The number of rotatable bonds is 8. The zero-order valence-corrected chi connectivity index (χ0v) is 20.8. The number of hydrogen-bond donors (Lipinski definition) is 1. The molecule has 1 atom stereocenters. The molecule has 0 saturated heterocycles. The zero-order valence-electron chi connectivity index (χ0n) is 19.9. The minimum atomic E-state index is -4.14. The molecule has 3 amide bonds. The normalized spacial score (nSPS) is 15.5. The minimum absolute atomic E-state index is 0.0450. The number of amides is 3. The summed E-state index contributed by atoms with van der Waals surface area (Å²) in [5, 5.41) is 2.90. The SMILES string of the molecule is CC[C@@H](C(=O)NC(C)(C)C)N(CCc1ccccc1)C(=O)CN1C(=O)c2ccccc2S1(=O)=O. The Morgan fingerprint density at radius 3 is 2.24 bits per heavy atom. The van der Waals surface area contributed by atoms with E-state index in [0.29, 0.717) is 17.1 Å². The molecule has 1 aliphatic heterocycles. The van der Waals surface area contributed by atoms with Crippen LogP contribution in [0.2, 0.25) is 0 Å². The average molecular weight is 486 g/mol. The number of nitrogens with one attached hydrogen (secondary N) is 1. The standard InChI is InChI=1S/C25H31N3O5S/c1-5-20(23(30)26-25(2,3)4)27(16-15-18-11-7-6-8-12-18)22(29)17-28-24(31)19-13-9-10-14-21(19)34(28,32)33/h6-14,20H,5,15-17H2,1-4H3,(H,26,30)/t20-/m0/s1. The van der Waals surface area contributed by atoms with E-state index < -0.39 is 40.0 Å². The van der Waals surface area contributed by atoms with E-state index in [4.69, 9.17) is 0 Å². The summed E-state index contributed by atoms with van der Waals surface area (Å²) in [5.41, 5.74) is 0.515. The fourth-order valence-electron chi connectivity index (χ4n) is 3.95. The van der Waals surface area contributed by atoms with Crippen molar-refractivity contribution in [2.45, 2.75) is 57.0 Å². The second-order valence-corrected chi connectivity index (χ2v) is 11.1. The largest absolute Gasteiger partial charge is 0.350 e. The van der Waals surface area contributed by atoms with Crippen molar-refractivity contribution in [2.75, 3.05) is 13.1 Å². The summed E-state index contributed by atoms with van der Waals surface area (Å²) in [5.74, 6) is -1.66. The Hall–Kier alpha value is -3.20. The molecule has 0 aromatic heterocycles. The van der Waals surface area contributed by atoms with Crippen LogP contribution in [0.3, 0.4) is 0 Å². The predicted octanol–water partition coefficient (Wildman–Crippen LogP) is 2.60. The van der Waals surface area contributed by atoms with Gasteiger partial charge in [0.25, 0.3) is 15.9 Å². The number of nitrogens with zero attached hydrogens (tertiary/aromatic N) is 2. The van der Waals surface area contributed by atoms with Gasteiger partial charge < -0.3 is 10.2 Å². The van der Waals surface area contributed by atoms with Crippen molar-refractivity contribution in [3.63, 3.8) is 0 Å². The van der Waals surface area contributed by atoms with Gasteiger partial charge in [-0.05, 0) is 51.3 Å². The summed E-state index contributed by atoms with van der Waals surface area (Å²) in [6, 6.07) is 14.6. The Labute approximate surface area is 201 Å². The van der Waals surface area contributed by atoms with E-state index in [9.17, 15) is 22.8 Å². The lowest BCUT2D eigenvalue weighted by Crippen LogP contribution is -2.56. The quantitative estimate of drug-likeness (QED) is 0.619. The predicted molar refractivity (Wildman–Crippen MR) is 128 cm³/mol. The number of benzene rings is 2. The van der Waals surface area contributed by atoms with Crippen LogP contribution in [0.1, 0.15) is 50.0 Å². The van der Waals surface area contributed by atoms with Gasteiger partial charge in [-0.3, -0.25) is 14.4 Å². The van der Waals surface area contributed by atoms with Gasteiger partial charge in [0.2, 0.25) is 11.8 Å². The third-order valence-corrected chi connectivity index (χ3v) is 7.35. The molecule has 3 rings (SSSR count). The van der Waals surface area contributed by atoms with Gasteiger partial charge in [-0.25, -0.2) is 12.7 Å². The Bertz CT molecular complexity index is 1170. The molecule has 0 spiro atoms. The fraction of sp³-hybridized carbons (Fsp3) is 0.400. The molecular formula is C25H31N3O5S. The van der Waals surface area contributed by atoms with Crippen molar-refractivity contribution in [3.05, 3.63) is 65.7 Å². The first-order valence-electron chi connectivity index (χ1n) is 11.3. The maximum Gasteiger partial charge on any atom is 0.269 e. The summed E-state index contributed by atoms with van der Waals surface area (Å²) in [6.07, 6.45) is 0.816. The Balaban J connectivity index is 1.88. The number of sulfonamides is 1. The van der Waals surface area contributed by atoms with Gasteiger partial charge in [-0.15, -0.1) is 0 Å². The molecule has 0 radical (unpaired) electrons. The van der Waals surface area contributed by atoms with Crippen LogP contribution in [0.25, 0.3) is 0 Å². The first kappa shape index (κ1) is 25.4. The summed E-state index contributed by atoms with van der Waals surface area (Å²) in [6.45, 7) is 6.88. The van der Waals surface area contributed by atoms with Gasteiger partial charge in [0.15, 0.2) is 0 Å². The van der Waals surface area contributed by atoms with Gasteiger partial charge in [0, 0.05) is 12.1 Å². The molecule has 9 heteroatoms. The summed E-state index contributed by atoms with van der Waals surface area (Å²) >= 11 is 0. The monoisotopic (exact) mass is 485 g/mol. The molecule has 0 bridgehead atoms. The van der Waals surface area contributed by atoms with E-state index in [-0.39, 0.29) is 22.9 Å². The number of fused-ring (bicyclic) bond motifs is 1. The maximum absolute atomic E-state index is 13.5. The van der Waals surface area contributed by atoms with Gasteiger partial charge in [0.1, 0.15) is 17.5 Å². The lowest BCUT2D eigenvalue weighted by Gasteiger charge is -2.33. The van der Waals surface area contributed by atoms with Gasteiger partial charge in [-0.2, -0.15) is 0 Å². The van der Waals surface area contributed by atoms with Crippen molar-refractivity contribution in [1.29, 1.82) is 0 Å². The second kappa shape index (κ2) is 9.97. The van der Waals surface area contributed by atoms with Crippen molar-refractivity contribution in [1.82, 2.24) is 14.5 Å². The van der Waals surface area contributed by atoms with E-state index in [0.717, 1.165) is 5.56 Å². The lowest BCUT2D eigenvalue weighted by atomic mass is 10.1. The Morgan fingerprint density at radius 2 is 1.65 bits per heavy atom. The van der Waals surface area contributed by atoms with E-state index in [1.807, 2.05) is 51.1 Å². The van der Waals surface area contributed by atoms with Gasteiger partial charge in [-0.1, -0.05) is 49.4 Å². The third-order valence-electron chi connectivity index (χ3n) is 5.56. The van der Waals surface area contributed by atoms with Crippen LogP contribution in [-0.4, -0.2) is 60.0 Å². The first-order chi connectivity index (χ1) is 16.0. The topological polar surface area (TPSA) is 104 Å². The van der Waals surface area contributed by atoms with Crippen LogP contribution in [0.4, 0.5) is 0 Å². The van der Waals surface area contributed by atoms with Crippen molar-refractivity contribution in [3.8, 4) is 0 Å². The molecule has 2 aromatic carbocycles. The molecule has 8 nitrogen and oxygen atoms in total. The molecule has 1 N–H and O–H groups in total. The highest BCUT2D eigenvalue weighted by atomic mass is 32.2. The molecule has 182 valence electrons. The number of hydrogen-bond acceptors (Lipinski definition) is 5. The fourth-order valence-corrected chi connectivity index (χ4v) is 5.47. The highest BCUT2D eigenvalue weighted by Crippen LogP contribution is 2.30. The van der Waals surface area contributed by atoms with Crippen LogP contribution in [0.15, 0.2) is 59.5 Å². The summed E-state index contributed by atoms with van der Waals surface area (Å²) in [4.78, 5) is 40.6. The zero-order chi connectivity index (χ0) is 25.1. The van der Waals surface area contributed by atoms with E-state index in [2.05, 4.69) is 5.32 Å². The highest BCUT2D eigenvalue weighted by molar-refractivity contribution is 7.90. The summed E-state index contributed by atoms with van der Waals surface area (Å²) < 4.78 is 26.5. The third kappa shape index (κ3) is 5.47. The Morgan fingerprint density at radius 1 is 1.03 bits per heavy atom. The molecule has 1 aliphatic rings. The van der Waals surface area contributed by atoms with Crippen LogP contribution in [0, 0.1) is 0 Å². The van der Waals surface area contributed by atoms with Gasteiger partial charge in [0.05, 0.1) is 5.56 Å².